The molecule has 0 spiro atoms. The van der Waals surface area contributed by atoms with Crippen molar-refractivity contribution in [3.63, 3.8) is 0 Å². The molecule has 100 valence electrons. The number of anilines is 1. The minimum absolute atomic E-state index is 0.224. The predicted molar refractivity (Wildman–Crippen MR) is 75.7 cm³/mol. The summed E-state index contributed by atoms with van der Waals surface area (Å²) in [6.07, 6.45) is 1.83. The van der Waals surface area contributed by atoms with Crippen molar-refractivity contribution in [2.75, 3.05) is 12.4 Å². The van der Waals surface area contributed by atoms with Crippen molar-refractivity contribution < 1.29 is 4.39 Å². The molecule has 0 saturated carbocycles. The topological polar surface area (TPSA) is 37.8 Å². The van der Waals surface area contributed by atoms with E-state index in [4.69, 9.17) is 0 Å². The van der Waals surface area contributed by atoms with E-state index in [0.717, 1.165) is 41.3 Å². The van der Waals surface area contributed by atoms with E-state index < -0.39 is 0 Å². The summed E-state index contributed by atoms with van der Waals surface area (Å²) in [5.41, 5.74) is 2.65. The third-order valence-electron chi connectivity index (χ3n) is 2.97. The number of rotatable bonds is 4. The Morgan fingerprint density at radius 2 is 2.00 bits per heavy atom. The fourth-order valence-electron chi connectivity index (χ4n) is 2.01. The van der Waals surface area contributed by atoms with Gasteiger partial charge in [-0.3, -0.25) is 0 Å². The van der Waals surface area contributed by atoms with Crippen LogP contribution in [-0.2, 0) is 6.42 Å². The quantitative estimate of drug-likeness (QED) is 0.911. The average molecular weight is 259 g/mol. The number of hydrogen-bond donors (Lipinski definition) is 1. The van der Waals surface area contributed by atoms with Crippen molar-refractivity contribution in [2.45, 2.75) is 26.7 Å². The van der Waals surface area contributed by atoms with Crippen molar-refractivity contribution in [1.29, 1.82) is 0 Å². The Bertz CT molecular complexity index is 582. The van der Waals surface area contributed by atoms with Crippen LogP contribution in [0.4, 0.5) is 10.2 Å². The van der Waals surface area contributed by atoms with Crippen LogP contribution < -0.4 is 5.32 Å². The summed E-state index contributed by atoms with van der Waals surface area (Å²) in [5, 5.41) is 3.04. The number of aryl methyl sites for hydroxylation is 2. The van der Waals surface area contributed by atoms with Gasteiger partial charge in [-0.2, -0.15) is 0 Å². The third-order valence-corrected chi connectivity index (χ3v) is 2.97. The number of aromatic nitrogens is 2. The molecule has 0 saturated heterocycles. The van der Waals surface area contributed by atoms with E-state index in [0.29, 0.717) is 0 Å². The lowest BCUT2D eigenvalue weighted by molar-refractivity contribution is 0.627. The van der Waals surface area contributed by atoms with Gasteiger partial charge in [0.2, 0.25) is 0 Å². The van der Waals surface area contributed by atoms with Crippen molar-refractivity contribution >= 4 is 5.82 Å². The normalized spacial score (nSPS) is 10.5. The van der Waals surface area contributed by atoms with Gasteiger partial charge < -0.3 is 5.32 Å². The SMILES string of the molecule is CCCc1nc(NC)cc(-c2ccc(F)cc2C)n1. The van der Waals surface area contributed by atoms with Gasteiger partial charge in [-0.1, -0.05) is 6.92 Å². The lowest BCUT2D eigenvalue weighted by atomic mass is 10.1. The van der Waals surface area contributed by atoms with Crippen molar-refractivity contribution in [1.82, 2.24) is 9.97 Å². The highest BCUT2D eigenvalue weighted by atomic mass is 19.1. The highest BCUT2D eigenvalue weighted by molar-refractivity contribution is 5.66. The maximum Gasteiger partial charge on any atom is 0.131 e. The minimum Gasteiger partial charge on any atom is -0.373 e. The summed E-state index contributed by atoms with van der Waals surface area (Å²) in [7, 11) is 1.83. The molecule has 0 fully saturated rings. The number of halogens is 1. The summed E-state index contributed by atoms with van der Waals surface area (Å²) < 4.78 is 13.2. The molecule has 1 aromatic carbocycles. The predicted octanol–water partition coefficient (Wildman–Crippen LogP) is 3.59. The summed E-state index contributed by atoms with van der Waals surface area (Å²) in [6, 6.07) is 6.64. The molecule has 0 aliphatic carbocycles. The second kappa shape index (κ2) is 5.78. The number of nitrogens with zero attached hydrogens (tertiary/aromatic N) is 2. The van der Waals surface area contributed by atoms with Gasteiger partial charge in [0.05, 0.1) is 5.69 Å². The number of hydrogen-bond acceptors (Lipinski definition) is 3. The summed E-state index contributed by atoms with van der Waals surface area (Å²) in [4.78, 5) is 8.98. The van der Waals surface area contributed by atoms with Crippen LogP contribution in [0, 0.1) is 12.7 Å². The molecule has 0 amide bonds. The number of benzene rings is 1. The second-order valence-electron chi connectivity index (χ2n) is 4.51. The third kappa shape index (κ3) is 3.08. The van der Waals surface area contributed by atoms with Crippen LogP contribution in [0.25, 0.3) is 11.3 Å². The molecule has 1 heterocycles. The molecule has 3 nitrogen and oxygen atoms in total. The first-order valence-electron chi connectivity index (χ1n) is 6.46. The molecule has 4 heteroatoms. The van der Waals surface area contributed by atoms with E-state index in [9.17, 15) is 4.39 Å². The molecular weight excluding hydrogens is 241 g/mol. The van der Waals surface area contributed by atoms with Crippen LogP contribution in [0.15, 0.2) is 24.3 Å². The maximum absolute atomic E-state index is 13.2. The van der Waals surface area contributed by atoms with Crippen LogP contribution in [0.5, 0.6) is 0 Å². The Labute approximate surface area is 112 Å². The monoisotopic (exact) mass is 259 g/mol. The first-order valence-corrected chi connectivity index (χ1v) is 6.46. The molecule has 1 aromatic heterocycles. The van der Waals surface area contributed by atoms with Crippen molar-refractivity contribution in [3.05, 3.63) is 41.5 Å². The van der Waals surface area contributed by atoms with Gasteiger partial charge >= 0.3 is 0 Å². The lowest BCUT2D eigenvalue weighted by Crippen LogP contribution is -2.02. The van der Waals surface area contributed by atoms with E-state index in [2.05, 4.69) is 22.2 Å². The van der Waals surface area contributed by atoms with Gasteiger partial charge in [0.1, 0.15) is 17.5 Å². The molecule has 2 rings (SSSR count). The molecule has 0 aliphatic heterocycles. The smallest absolute Gasteiger partial charge is 0.131 e. The van der Waals surface area contributed by atoms with Crippen LogP contribution >= 0.6 is 0 Å². The van der Waals surface area contributed by atoms with Crippen LogP contribution in [-0.4, -0.2) is 17.0 Å². The van der Waals surface area contributed by atoms with E-state index >= 15 is 0 Å². The summed E-state index contributed by atoms with van der Waals surface area (Å²) in [6.45, 7) is 3.98. The number of nitrogens with one attached hydrogen (secondary N) is 1. The maximum atomic E-state index is 13.2. The largest absolute Gasteiger partial charge is 0.373 e. The molecule has 0 aliphatic rings. The van der Waals surface area contributed by atoms with Crippen LogP contribution in [0.3, 0.4) is 0 Å². The van der Waals surface area contributed by atoms with Gasteiger partial charge in [0.25, 0.3) is 0 Å². The van der Waals surface area contributed by atoms with Gasteiger partial charge in [-0.05, 0) is 37.1 Å². The van der Waals surface area contributed by atoms with Gasteiger partial charge in [0, 0.05) is 25.1 Å². The Hall–Kier alpha value is -1.97. The molecule has 0 radical (unpaired) electrons. The van der Waals surface area contributed by atoms with Gasteiger partial charge in [-0.25, -0.2) is 14.4 Å². The van der Waals surface area contributed by atoms with E-state index in [1.54, 1.807) is 6.07 Å². The highest BCUT2D eigenvalue weighted by Gasteiger charge is 2.08. The summed E-state index contributed by atoms with van der Waals surface area (Å²) in [5.74, 6) is 1.38. The Balaban J connectivity index is 2.51. The average Bonchev–Trinajstić information content (AvgIpc) is 2.38. The lowest BCUT2D eigenvalue weighted by Gasteiger charge is -2.09. The highest BCUT2D eigenvalue weighted by Crippen LogP contribution is 2.24. The van der Waals surface area contributed by atoms with Crippen molar-refractivity contribution in [2.24, 2.45) is 0 Å². The Morgan fingerprint density at radius 1 is 1.21 bits per heavy atom. The van der Waals surface area contributed by atoms with Crippen LogP contribution in [0.1, 0.15) is 24.7 Å². The molecule has 2 aromatic rings. The van der Waals surface area contributed by atoms with Gasteiger partial charge in [-0.15, -0.1) is 0 Å². The van der Waals surface area contributed by atoms with Gasteiger partial charge in [0.15, 0.2) is 0 Å². The van der Waals surface area contributed by atoms with Crippen molar-refractivity contribution in [3.8, 4) is 11.3 Å². The van der Waals surface area contributed by atoms with E-state index in [1.807, 2.05) is 20.0 Å². The molecule has 0 bridgehead atoms. The molecular formula is C15H18FN3. The molecule has 0 atom stereocenters. The minimum atomic E-state index is -0.224. The summed E-state index contributed by atoms with van der Waals surface area (Å²) >= 11 is 0. The van der Waals surface area contributed by atoms with E-state index in [1.165, 1.54) is 12.1 Å². The van der Waals surface area contributed by atoms with Crippen LogP contribution in [0.2, 0.25) is 0 Å². The fraction of sp³-hybridized carbons (Fsp3) is 0.333. The van der Waals surface area contributed by atoms with E-state index in [-0.39, 0.29) is 5.82 Å². The second-order valence-corrected chi connectivity index (χ2v) is 4.51. The zero-order valence-electron chi connectivity index (χ0n) is 11.5. The zero-order valence-corrected chi connectivity index (χ0v) is 11.5. The Kier molecular flexibility index (Phi) is 4.10. The molecule has 19 heavy (non-hydrogen) atoms. The fourth-order valence-corrected chi connectivity index (χ4v) is 2.01. The first kappa shape index (κ1) is 13.5. The molecule has 0 unspecified atom stereocenters. The molecule has 1 N–H and O–H groups in total. The standard InChI is InChI=1S/C15H18FN3/c1-4-5-14-18-13(9-15(17-3)19-14)12-7-6-11(16)8-10(12)2/h6-9H,4-5H2,1-3H3,(H,17,18,19). The Morgan fingerprint density at radius 3 is 2.63 bits per heavy atom. The zero-order chi connectivity index (χ0) is 13.8. The first-order chi connectivity index (χ1) is 9.13.